The van der Waals surface area contributed by atoms with Crippen molar-refractivity contribution in [2.75, 3.05) is 25.4 Å². The van der Waals surface area contributed by atoms with Crippen LogP contribution in [0.5, 0.6) is 0 Å². The van der Waals surface area contributed by atoms with E-state index in [1.54, 1.807) is 10.9 Å². The molecule has 9 nitrogen and oxygen atoms in total. The first-order valence-corrected chi connectivity index (χ1v) is 8.73. The van der Waals surface area contributed by atoms with E-state index >= 15 is 0 Å². The summed E-state index contributed by atoms with van der Waals surface area (Å²) in [6, 6.07) is 0. The fourth-order valence-corrected chi connectivity index (χ4v) is 4.20. The molecule has 2 N–H and O–H groups in total. The molecule has 1 saturated heterocycles. The Bertz CT molecular complexity index is 778. The van der Waals surface area contributed by atoms with Gasteiger partial charge < -0.3 is 15.0 Å². The monoisotopic (exact) mass is 341 g/mol. The van der Waals surface area contributed by atoms with Crippen molar-refractivity contribution in [1.82, 2.24) is 19.2 Å². The Labute approximate surface area is 134 Å². The van der Waals surface area contributed by atoms with Crippen molar-refractivity contribution in [2.45, 2.75) is 31.4 Å². The van der Waals surface area contributed by atoms with Gasteiger partial charge in [0.25, 0.3) is 10.0 Å². The highest BCUT2D eigenvalue weighted by atomic mass is 32.2. The normalized spacial score (nSPS) is 20.0. The Morgan fingerprint density at radius 1 is 1.48 bits per heavy atom. The average Bonchev–Trinajstić information content (AvgIpc) is 3.14. The first-order valence-electron chi connectivity index (χ1n) is 7.29. The van der Waals surface area contributed by atoms with Crippen LogP contribution in [0.15, 0.2) is 21.8 Å². The van der Waals surface area contributed by atoms with Gasteiger partial charge in [-0.2, -0.15) is 9.40 Å². The molecule has 3 rings (SSSR count). The fourth-order valence-electron chi connectivity index (χ4n) is 2.59. The van der Waals surface area contributed by atoms with E-state index in [2.05, 4.69) is 10.3 Å². The smallest absolute Gasteiger partial charge is 0.250 e. The number of nitrogen functional groups attached to an aromatic ring is 1. The lowest BCUT2D eigenvalue weighted by molar-refractivity contribution is -0.00261. The van der Waals surface area contributed by atoms with Crippen molar-refractivity contribution in [3.8, 4) is 0 Å². The second kappa shape index (κ2) is 5.95. The Kier molecular flexibility index (Phi) is 4.13. The molecule has 1 fully saturated rings. The third-order valence-electron chi connectivity index (χ3n) is 3.81. The number of nitrogens with two attached hydrogens (primary N) is 1. The molecule has 1 aliphatic heterocycles. The number of nitrogens with zero attached hydrogens (tertiary/aromatic N) is 4. The predicted octanol–water partition coefficient (Wildman–Crippen LogP) is 0.544. The second-order valence-corrected chi connectivity index (χ2v) is 7.18. The van der Waals surface area contributed by atoms with Crippen molar-refractivity contribution in [3.63, 3.8) is 0 Å². The first-order chi connectivity index (χ1) is 10.9. The summed E-state index contributed by atoms with van der Waals surface area (Å²) < 4.78 is 39.3. The molecule has 0 aromatic carbocycles. The van der Waals surface area contributed by atoms with Crippen LogP contribution in [0, 0.1) is 6.92 Å². The number of anilines is 1. The molecular weight excluding hydrogens is 322 g/mol. The summed E-state index contributed by atoms with van der Waals surface area (Å²) in [5, 5.41) is 7.72. The number of aryl methyl sites for hydroxylation is 2. The minimum absolute atomic E-state index is 0.0672. The van der Waals surface area contributed by atoms with E-state index < -0.39 is 10.0 Å². The molecule has 0 amide bonds. The van der Waals surface area contributed by atoms with Gasteiger partial charge in [0.15, 0.2) is 16.5 Å². The number of morpholine rings is 1. The van der Waals surface area contributed by atoms with Gasteiger partial charge in [-0.3, -0.25) is 4.68 Å². The van der Waals surface area contributed by atoms with E-state index in [4.69, 9.17) is 15.0 Å². The molecule has 10 heteroatoms. The predicted molar refractivity (Wildman–Crippen MR) is 81.0 cm³/mol. The largest absolute Gasteiger partial charge is 0.380 e. The Morgan fingerprint density at radius 3 is 2.87 bits per heavy atom. The summed E-state index contributed by atoms with van der Waals surface area (Å²) in [6.07, 6.45) is 3.20. The summed E-state index contributed by atoms with van der Waals surface area (Å²) in [6.45, 7) is 5.00. The molecule has 0 bridgehead atoms. The highest BCUT2D eigenvalue weighted by Gasteiger charge is 2.36. The summed E-state index contributed by atoms with van der Waals surface area (Å²) in [5.74, 6) is 0.0636. The maximum Gasteiger partial charge on any atom is 0.250 e. The third-order valence-corrected chi connectivity index (χ3v) is 5.83. The Balaban J connectivity index is 1.86. The van der Waals surface area contributed by atoms with Crippen molar-refractivity contribution in [1.29, 1.82) is 0 Å². The molecule has 126 valence electrons. The molecule has 0 saturated carbocycles. The van der Waals surface area contributed by atoms with Gasteiger partial charge in [0.05, 0.1) is 18.9 Å². The van der Waals surface area contributed by atoms with Crippen LogP contribution in [0.3, 0.4) is 0 Å². The highest BCUT2D eigenvalue weighted by molar-refractivity contribution is 7.89. The minimum Gasteiger partial charge on any atom is -0.380 e. The fraction of sp³-hybridized carbons (Fsp3) is 0.538. The van der Waals surface area contributed by atoms with Gasteiger partial charge >= 0.3 is 0 Å². The summed E-state index contributed by atoms with van der Waals surface area (Å²) in [4.78, 5) is -0.0672. The van der Waals surface area contributed by atoms with E-state index in [0.29, 0.717) is 6.61 Å². The maximum atomic E-state index is 12.8. The molecule has 1 aliphatic rings. The third kappa shape index (κ3) is 2.84. The lowest BCUT2D eigenvalue weighted by atomic mass is 10.2. The topological polar surface area (TPSA) is 116 Å². The van der Waals surface area contributed by atoms with Crippen LogP contribution < -0.4 is 5.73 Å². The molecule has 1 atom stereocenters. The van der Waals surface area contributed by atoms with E-state index in [-0.39, 0.29) is 35.7 Å². The molecule has 2 aromatic heterocycles. The number of hydrogen-bond donors (Lipinski definition) is 1. The lowest BCUT2D eigenvalue weighted by Crippen LogP contribution is -2.42. The number of hydrogen-bond acceptors (Lipinski definition) is 7. The molecule has 0 aliphatic carbocycles. The summed E-state index contributed by atoms with van der Waals surface area (Å²) >= 11 is 0. The second-order valence-electron chi connectivity index (χ2n) is 5.30. The molecule has 0 spiro atoms. The van der Waals surface area contributed by atoms with Crippen LogP contribution in [0.2, 0.25) is 0 Å². The van der Waals surface area contributed by atoms with Gasteiger partial charge in [-0.1, -0.05) is 5.16 Å². The number of aromatic nitrogens is 3. The van der Waals surface area contributed by atoms with Crippen molar-refractivity contribution < 1.29 is 17.7 Å². The van der Waals surface area contributed by atoms with Gasteiger partial charge in [0.1, 0.15) is 0 Å². The van der Waals surface area contributed by atoms with Gasteiger partial charge in [-0.25, -0.2) is 8.42 Å². The lowest BCUT2D eigenvalue weighted by Gasteiger charge is -2.31. The van der Waals surface area contributed by atoms with Crippen LogP contribution in [0.4, 0.5) is 5.82 Å². The van der Waals surface area contributed by atoms with E-state index in [9.17, 15) is 8.42 Å². The molecule has 2 aromatic rings. The minimum atomic E-state index is -3.77. The Morgan fingerprint density at radius 2 is 2.26 bits per heavy atom. The number of ether oxygens (including phenoxy) is 1. The molecule has 23 heavy (non-hydrogen) atoms. The first kappa shape index (κ1) is 16.0. The van der Waals surface area contributed by atoms with Crippen molar-refractivity contribution in [3.05, 3.63) is 23.7 Å². The van der Waals surface area contributed by atoms with Crippen LogP contribution in [-0.4, -0.2) is 47.4 Å². The van der Waals surface area contributed by atoms with Crippen LogP contribution in [0.25, 0.3) is 0 Å². The summed E-state index contributed by atoms with van der Waals surface area (Å²) in [5.41, 5.74) is 6.49. The standard InChI is InChI=1S/C13H19N5O4S/c1-3-17-7-10(6-15-17)11-8-18(4-5-21-11)23(19,20)12-9(2)22-16-13(12)14/h6-7,11H,3-5,8H2,1-2H3,(H2,14,16). The van der Waals surface area contributed by atoms with E-state index in [0.717, 1.165) is 12.1 Å². The zero-order valence-corrected chi connectivity index (χ0v) is 13.8. The Hall–Kier alpha value is -1.91. The van der Waals surface area contributed by atoms with Gasteiger partial charge in [0, 0.05) is 31.4 Å². The van der Waals surface area contributed by atoms with Crippen molar-refractivity contribution >= 4 is 15.8 Å². The summed E-state index contributed by atoms with van der Waals surface area (Å²) in [7, 11) is -3.77. The molecule has 3 heterocycles. The van der Waals surface area contributed by atoms with Crippen LogP contribution in [0.1, 0.15) is 24.4 Å². The molecule has 0 radical (unpaired) electrons. The van der Waals surface area contributed by atoms with Gasteiger partial charge in [0.2, 0.25) is 0 Å². The van der Waals surface area contributed by atoms with E-state index in [1.807, 2.05) is 13.1 Å². The zero-order chi connectivity index (χ0) is 16.6. The van der Waals surface area contributed by atoms with Gasteiger partial charge in [-0.15, -0.1) is 0 Å². The maximum absolute atomic E-state index is 12.8. The number of sulfonamides is 1. The molecular formula is C13H19N5O4S. The average molecular weight is 341 g/mol. The van der Waals surface area contributed by atoms with Crippen molar-refractivity contribution in [2.24, 2.45) is 0 Å². The van der Waals surface area contributed by atoms with Crippen LogP contribution >= 0.6 is 0 Å². The van der Waals surface area contributed by atoms with Crippen LogP contribution in [-0.2, 0) is 21.3 Å². The highest BCUT2D eigenvalue weighted by Crippen LogP contribution is 2.30. The van der Waals surface area contributed by atoms with E-state index in [1.165, 1.54) is 11.2 Å². The molecule has 1 unspecified atom stereocenters. The SMILES string of the molecule is CCn1cc(C2CN(S(=O)(=O)c3c(N)noc3C)CCO2)cn1. The zero-order valence-electron chi connectivity index (χ0n) is 13.0. The van der Waals surface area contributed by atoms with Gasteiger partial charge in [-0.05, 0) is 13.8 Å². The number of rotatable bonds is 4. The quantitative estimate of drug-likeness (QED) is 0.862.